The summed E-state index contributed by atoms with van der Waals surface area (Å²) in [6, 6.07) is 11.1. The van der Waals surface area contributed by atoms with Crippen molar-refractivity contribution in [3.8, 4) is 17.2 Å². The first-order valence-corrected chi connectivity index (χ1v) is 8.50. The van der Waals surface area contributed by atoms with Gasteiger partial charge in [-0.3, -0.25) is 0 Å². The Morgan fingerprint density at radius 3 is 2.83 bits per heavy atom. The highest BCUT2D eigenvalue weighted by Crippen LogP contribution is 2.32. The number of oxime groups is 1. The van der Waals surface area contributed by atoms with Crippen LogP contribution < -0.4 is 19.9 Å². The minimum absolute atomic E-state index is 0.0186. The Labute approximate surface area is 138 Å². The summed E-state index contributed by atoms with van der Waals surface area (Å²) in [4.78, 5) is 0.0186. The summed E-state index contributed by atoms with van der Waals surface area (Å²) in [5.41, 5.74) is 6.02. The Hall–Kier alpha value is -2.78. The van der Waals surface area contributed by atoms with Crippen molar-refractivity contribution in [1.82, 2.24) is 4.72 Å². The predicted molar refractivity (Wildman–Crippen MR) is 86.2 cm³/mol. The largest absolute Gasteiger partial charge is 0.491 e. The summed E-state index contributed by atoms with van der Waals surface area (Å²) in [5, 5.41) is 11.6. The maximum Gasteiger partial charge on any atom is 0.244 e. The molecular weight excluding hydrogens is 334 g/mol. The van der Waals surface area contributed by atoms with Gasteiger partial charge in [-0.1, -0.05) is 17.3 Å². The van der Waals surface area contributed by atoms with E-state index >= 15 is 0 Å². The van der Waals surface area contributed by atoms with Gasteiger partial charge in [0.1, 0.15) is 28.8 Å². The molecule has 0 spiro atoms. The van der Waals surface area contributed by atoms with Crippen molar-refractivity contribution in [3.63, 3.8) is 0 Å². The normalized spacial score (nSPS) is 16.6. The number of nitrogens with zero attached hydrogens (tertiary/aromatic N) is 1. The molecule has 0 amide bonds. The summed E-state index contributed by atoms with van der Waals surface area (Å²) in [6.07, 6.45) is 0. The topological polar surface area (TPSA) is 123 Å². The molecular formula is C15H15N3O5S. The number of hydrogen-bond acceptors (Lipinski definition) is 6. The molecule has 0 radical (unpaired) electrons. The number of amidine groups is 1. The number of nitrogens with two attached hydrogens (primary N) is 1. The van der Waals surface area contributed by atoms with Crippen LogP contribution in [0, 0.1) is 0 Å². The fourth-order valence-electron chi connectivity index (χ4n) is 2.21. The second-order valence-corrected chi connectivity index (χ2v) is 6.71. The van der Waals surface area contributed by atoms with E-state index in [0.29, 0.717) is 17.1 Å². The number of benzene rings is 2. The third kappa shape index (κ3) is 3.26. The van der Waals surface area contributed by atoms with Gasteiger partial charge in [-0.15, -0.1) is 0 Å². The van der Waals surface area contributed by atoms with E-state index in [0.717, 1.165) is 0 Å². The molecule has 0 bridgehead atoms. The van der Waals surface area contributed by atoms with E-state index in [1.807, 2.05) is 0 Å². The molecule has 0 fully saturated rings. The van der Waals surface area contributed by atoms with Crippen LogP contribution in [0.25, 0.3) is 0 Å². The van der Waals surface area contributed by atoms with Crippen LogP contribution in [0.3, 0.4) is 0 Å². The van der Waals surface area contributed by atoms with Crippen LogP contribution in [0.1, 0.15) is 5.56 Å². The van der Waals surface area contributed by atoms with Gasteiger partial charge in [0.05, 0.1) is 0 Å². The number of hydrogen-bond donors (Lipinski definition) is 3. The van der Waals surface area contributed by atoms with E-state index in [9.17, 15) is 8.42 Å². The van der Waals surface area contributed by atoms with Gasteiger partial charge in [-0.2, -0.15) is 0 Å². The Balaban J connectivity index is 1.94. The van der Waals surface area contributed by atoms with Crippen LogP contribution in [0.5, 0.6) is 17.2 Å². The summed E-state index contributed by atoms with van der Waals surface area (Å²) < 4.78 is 37.8. The maximum atomic E-state index is 12.2. The first kappa shape index (κ1) is 16.1. The van der Waals surface area contributed by atoms with Crippen molar-refractivity contribution in [2.75, 3.05) is 13.2 Å². The number of ether oxygens (including phenoxy) is 2. The van der Waals surface area contributed by atoms with Gasteiger partial charge in [0.25, 0.3) is 0 Å². The predicted octanol–water partition coefficient (Wildman–Crippen LogP) is 1.24. The van der Waals surface area contributed by atoms with Gasteiger partial charge in [-0.05, 0) is 24.3 Å². The van der Waals surface area contributed by atoms with Crippen LogP contribution >= 0.6 is 0 Å². The highest BCUT2D eigenvalue weighted by atomic mass is 32.2. The molecule has 0 aromatic heterocycles. The molecule has 0 unspecified atom stereocenters. The molecule has 8 nitrogen and oxygen atoms in total. The van der Waals surface area contributed by atoms with Gasteiger partial charge in [0, 0.05) is 18.2 Å². The standard InChI is InChI=1S/C15H15N3O5S/c16-15(18-19)10-2-1-3-11(8-10)23-12-4-5-13-14(9-12)24(20,21)17-6-7-22-13/h1-5,8-9,17,19H,6-7H2,(H2,16,18). The van der Waals surface area contributed by atoms with Gasteiger partial charge in [0.2, 0.25) is 10.0 Å². The fourth-order valence-corrected chi connectivity index (χ4v) is 3.38. The quantitative estimate of drug-likeness (QED) is 0.332. The minimum Gasteiger partial charge on any atom is -0.491 e. The van der Waals surface area contributed by atoms with Gasteiger partial charge in [-0.25, -0.2) is 13.1 Å². The van der Waals surface area contributed by atoms with Crippen molar-refractivity contribution < 1.29 is 23.1 Å². The Bertz CT molecular complexity index is 896. The molecule has 1 aliphatic rings. The number of nitrogens with one attached hydrogen (secondary N) is 1. The monoisotopic (exact) mass is 349 g/mol. The van der Waals surface area contributed by atoms with Crippen LogP contribution in [0.2, 0.25) is 0 Å². The second kappa shape index (κ2) is 6.38. The maximum absolute atomic E-state index is 12.2. The molecule has 0 aliphatic carbocycles. The van der Waals surface area contributed by atoms with Gasteiger partial charge >= 0.3 is 0 Å². The zero-order valence-corrected chi connectivity index (χ0v) is 13.3. The molecule has 1 heterocycles. The highest BCUT2D eigenvalue weighted by Gasteiger charge is 2.23. The fraction of sp³-hybridized carbons (Fsp3) is 0.133. The van der Waals surface area contributed by atoms with Crippen LogP contribution in [0.15, 0.2) is 52.5 Å². The van der Waals surface area contributed by atoms with Crippen molar-refractivity contribution in [2.45, 2.75) is 4.90 Å². The van der Waals surface area contributed by atoms with Crippen molar-refractivity contribution in [2.24, 2.45) is 10.9 Å². The first-order valence-electron chi connectivity index (χ1n) is 7.02. The van der Waals surface area contributed by atoms with E-state index in [2.05, 4.69) is 9.88 Å². The molecule has 4 N–H and O–H groups in total. The van der Waals surface area contributed by atoms with E-state index in [4.69, 9.17) is 20.4 Å². The molecule has 24 heavy (non-hydrogen) atoms. The lowest BCUT2D eigenvalue weighted by Crippen LogP contribution is -2.24. The molecule has 0 saturated heterocycles. The summed E-state index contributed by atoms with van der Waals surface area (Å²) in [7, 11) is -3.65. The molecule has 3 rings (SSSR count). The Morgan fingerprint density at radius 1 is 1.25 bits per heavy atom. The molecule has 1 aliphatic heterocycles. The summed E-state index contributed by atoms with van der Waals surface area (Å²) in [6.45, 7) is 0.462. The average Bonchev–Trinajstić information content (AvgIpc) is 2.73. The third-order valence-corrected chi connectivity index (χ3v) is 4.81. The Morgan fingerprint density at radius 2 is 2.04 bits per heavy atom. The lowest BCUT2D eigenvalue weighted by atomic mass is 10.2. The van der Waals surface area contributed by atoms with Crippen LogP contribution in [-0.2, 0) is 10.0 Å². The molecule has 9 heteroatoms. The third-order valence-electron chi connectivity index (χ3n) is 3.33. The van der Waals surface area contributed by atoms with E-state index in [1.54, 1.807) is 36.4 Å². The van der Waals surface area contributed by atoms with Gasteiger partial charge < -0.3 is 20.4 Å². The molecule has 2 aromatic rings. The van der Waals surface area contributed by atoms with Crippen molar-refractivity contribution in [1.29, 1.82) is 0 Å². The Kier molecular flexibility index (Phi) is 4.28. The lowest BCUT2D eigenvalue weighted by molar-refractivity contribution is 0.318. The zero-order chi connectivity index (χ0) is 17.2. The summed E-state index contributed by atoms with van der Waals surface area (Å²) in [5.74, 6) is 0.959. The number of rotatable bonds is 3. The average molecular weight is 349 g/mol. The molecule has 0 atom stereocenters. The number of sulfonamides is 1. The van der Waals surface area contributed by atoms with Crippen molar-refractivity contribution in [3.05, 3.63) is 48.0 Å². The molecule has 0 saturated carbocycles. The number of fused-ring (bicyclic) bond motifs is 1. The highest BCUT2D eigenvalue weighted by molar-refractivity contribution is 7.89. The smallest absolute Gasteiger partial charge is 0.244 e. The van der Waals surface area contributed by atoms with Crippen molar-refractivity contribution >= 4 is 15.9 Å². The lowest BCUT2D eigenvalue weighted by Gasteiger charge is -2.11. The van der Waals surface area contributed by atoms with E-state index in [-0.39, 0.29) is 29.6 Å². The van der Waals surface area contributed by atoms with E-state index < -0.39 is 10.0 Å². The SMILES string of the molecule is NC(=NO)c1cccc(Oc2ccc3c(c2)S(=O)(=O)NCCO3)c1. The summed E-state index contributed by atoms with van der Waals surface area (Å²) >= 11 is 0. The molecule has 2 aromatic carbocycles. The van der Waals surface area contributed by atoms with Gasteiger partial charge in [0.15, 0.2) is 5.84 Å². The van der Waals surface area contributed by atoms with E-state index in [1.165, 1.54) is 6.07 Å². The molecule has 126 valence electrons. The zero-order valence-electron chi connectivity index (χ0n) is 12.5. The first-order chi connectivity index (χ1) is 11.5. The van der Waals surface area contributed by atoms with Crippen LogP contribution in [-0.4, -0.2) is 32.6 Å². The minimum atomic E-state index is -3.65. The van der Waals surface area contributed by atoms with Crippen LogP contribution in [0.4, 0.5) is 0 Å². The second-order valence-electron chi connectivity index (χ2n) is 4.97.